The van der Waals surface area contributed by atoms with Gasteiger partial charge in [-0.3, -0.25) is 14.4 Å². The molecule has 10 heteroatoms. The monoisotopic (exact) mass is 533 g/mol. The van der Waals surface area contributed by atoms with Gasteiger partial charge in [0.15, 0.2) is 0 Å². The Bertz CT molecular complexity index is 1370. The molecule has 0 spiro atoms. The first-order valence-corrected chi connectivity index (χ1v) is 11.4. The van der Waals surface area contributed by atoms with Gasteiger partial charge in [-0.15, -0.1) is 0 Å². The van der Waals surface area contributed by atoms with Gasteiger partial charge in [-0.2, -0.15) is 0 Å². The zero-order chi connectivity index (χ0) is 24.6. The van der Waals surface area contributed by atoms with E-state index in [1.165, 1.54) is 0 Å². The van der Waals surface area contributed by atoms with Crippen molar-refractivity contribution in [2.75, 3.05) is 15.5 Å². The lowest BCUT2D eigenvalue weighted by atomic mass is 10.1. The van der Waals surface area contributed by atoms with Crippen molar-refractivity contribution >= 4 is 81.2 Å². The molecule has 6 nitrogen and oxygen atoms in total. The lowest BCUT2D eigenvalue weighted by Crippen LogP contribution is -2.32. The molecule has 0 saturated carbocycles. The topological polar surface area (TPSA) is 78.5 Å². The molecule has 4 rings (SSSR count). The first-order chi connectivity index (χ1) is 16.2. The van der Waals surface area contributed by atoms with Crippen LogP contribution in [0.3, 0.4) is 0 Å². The highest BCUT2D eigenvalue weighted by molar-refractivity contribution is 6.53. The van der Waals surface area contributed by atoms with Crippen molar-refractivity contribution in [1.29, 1.82) is 0 Å². The molecular weight excluding hydrogens is 520 g/mol. The Morgan fingerprint density at radius 1 is 0.794 bits per heavy atom. The summed E-state index contributed by atoms with van der Waals surface area (Å²) < 4.78 is 0. The van der Waals surface area contributed by atoms with Crippen LogP contribution < -0.4 is 15.5 Å². The maximum atomic E-state index is 13.0. The van der Waals surface area contributed by atoms with E-state index in [0.29, 0.717) is 43.3 Å². The number of rotatable bonds is 5. The van der Waals surface area contributed by atoms with Gasteiger partial charge < -0.3 is 10.6 Å². The molecule has 1 aliphatic heterocycles. The van der Waals surface area contributed by atoms with E-state index in [1.54, 1.807) is 67.6 Å². The summed E-state index contributed by atoms with van der Waals surface area (Å²) in [6.07, 6.45) is 0. The number of carbonyl (C=O) groups is 3. The van der Waals surface area contributed by atoms with E-state index in [4.69, 9.17) is 46.4 Å². The molecule has 0 aromatic heterocycles. The molecule has 172 valence electrons. The van der Waals surface area contributed by atoms with E-state index in [1.807, 2.05) is 0 Å². The van der Waals surface area contributed by atoms with Crippen LogP contribution in [-0.2, 0) is 9.59 Å². The second kappa shape index (κ2) is 9.68. The van der Waals surface area contributed by atoms with Crippen LogP contribution in [0.25, 0.3) is 0 Å². The average molecular weight is 535 g/mol. The highest BCUT2D eigenvalue weighted by Gasteiger charge is 2.39. The van der Waals surface area contributed by atoms with Crippen molar-refractivity contribution < 1.29 is 14.4 Å². The fraction of sp³-hybridized carbons (Fsp3) is 0.0417. The van der Waals surface area contributed by atoms with E-state index < -0.39 is 11.8 Å². The van der Waals surface area contributed by atoms with Crippen molar-refractivity contribution in [1.82, 2.24) is 0 Å². The van der Waals surface area contributed by atoms with Gasteiger partial charge in [0.25, 0.3) is 17.7 Å². The number of hydrogen-bond donors (Lipinski definition) is 2. The van der Waals surface area contributed by atoms with E-state index in [2.05, 4.69) is 10.6 Å². The highest BCUT2D eigenvalue weighted by Crippen LogP contribution is 2.34. The van der Waals surface area contributed by atoms with Gasteiger partial charge in [-0.25, -0.2) is 4.90 Å². The van der Waals surface area contributed by atoms with Crippen molar-refractivity contribution in [3.05, 3.63) is 97.6 Å². The van der Waals surface area contributed by atoms with Crippen LogP contribution in [0.1, 0.15) is 15.9 Å². The standard InChI is InChI=1S/C24H15Cl4N3O3/c1-12-16(25)3-2-4-19(12)31-23(33)20(28)21(24(31)34)29-14-7-5-13(6-8-14)22(32)30-15-9-10-17(26)18(27)11-15/h2-11,29H,1H3,(H,30,32). The molecule has 0 fully saturated rings. The number of halogens is 4. The number of amides is 3. The fourth-order valence-corrected chi connectivity index (χ4v) is 3.98. The molecule has 3 aromatic rings. The molecule has 0 saturated heterocycles. The predicted molar refractivity (Wildman–Crippen MR) is 136 cm³/mol. The van der Waals surface area contributed by atoms with Crippen LogP contribution in [0.2, 0.25) is 15.1 Å². The molecule has 34 heavy (non-hydrogen) atoms. The largest absolute Gasteiger partial charge is 0.350 e. The summed E-state index contributed by atoms with van der Waals surface area (Å²) in [5, 5.41) is 6.48. The third kappa shape index (κ3) is 4.63. The minimum absolute atomic E-state index is 0.0703. The minimum atomic E-state index is -0.655. The molecule has 1 aliphatic rings. The smallest absolute Gasteiger partial charge is 0.283 e. The Hall–Kier alpha value is -3.03. The van der Waals surface area contributed by atoms with E-state index in [9.17, 15) is 14.4 Å². The summed E-state index contributed by atoms with van der Waals surface area (Å²) >= 11 is 24.2. The summed E-state index contributed by atoms with van der Waals surface area (Å²) in [4.78, 5) is 39.2. The molecule has 0 radical (unpaired) electrons. The Morgan fingerprint density at radius 3 is 2.15 bits per heavy atom. The van der Waals surface area contributed by atoms with Crippen LogP contribution in [0, 0.1) is 6.92 Å². The van der Waals surface area contributed by atoms with Crippen molar-refractivity contribution in [3.63, 3.8) is 0 Å². The normalized spacial score (nSPS) is 13.5. The van der Waals surface area contributed by atoms with E-state index >= 15 is 0 Å². The lowest BCUT2D eigenvalue weighted by molar-refractivity contribution is -0.120. The quantitative estimate of drug-likeness (QED) is 0.359. The van der Waals surface area contributed by atoms with Gasteiger partial charge in [-0.1, -0.05) is 52.5 Å². The summed E-state index contributed by atoms with van der Waals surface area (Å²) in [5.41, 5.74) is 2.18. The van der Waals surface area contributed by atoms with Crippen LogP contribution in [0.4, 0.5) is 17.1 Å². The maximum Gasteiger partial charge on any atom is 0.283 e. The van der Waals surface area contributed by atoms with Crippen molar-refractivity contribution in [2.45, 2.75) is 6.92 Å². The molecule has 3 aromatic carbocycles. The van der Waals surface area contributed by atoms with Crippen LogP contribution in [0.15, 0.2) is 71.4 Å². The van der Waals surface area contributed by atoms with Gasteiger partial charge in [0.1, 0.15) is 10.7 Å². The Kier molecular flexibility index (Phi) is 6.86. The molecule has 0 bridgehead atoms. The zero-order valence-electron chi connectivity index (χ0n) is 17.5. The first kappa shape index (κ1) is 24.1. The highest BCUT2D eigenvalue weighted by atomic mass is 35.5. The Morgan fingerprint density at radius 2 is 1.47 bits per heavy atom. The third-order valence-electron chi connectivity index (χ3n) is 5.10. The Labute approximate surface area is 215 Å². The summed E-state index contributed by atoms with van der Waals surface area (Å²) in [7, 11) is 0. The van der Waals surface area contributed by atoms with Gasteiger partial charge in [-0.05, 0) is 67.1 Å². The number of anilines is 3. The van der Waals surface area contributed by atoms with E-state index in [0.717, 1.165) is 4.90 Å². The molecule has 1 heterocycles. The molecular formula is C24H15Cl4N3O3. The average Bonchev–Trinajstić information content (AvgIpc) is 3.02. The zero-order valence-corrected chi connectivity index (χ0v) is 20.5. The maximum absolute atomic E-state index is 13.0. The number of hydrogen-bond acceptors (Lipinski definition) is 4. The molecule has 0 unspecified atom stereocenters. The SMILES string of the molecule is Cc1c(Cl)cccc1N1C(=O)C(Cl)=C(Nc2ccc(C(=O)Nc3ccc(Cl)c(Cl)c3)cc2)C1=O. The lowest BCUT2D eigenvalue weighted by Gasteiger charge is -2.18. The van der Waals surface area contributed by atoms with Crippen LogP contribution >= 0.6 is 46.4 Å². The molecule has 3 amide bonds. The summed E-state index contributed by atoms with van der Waals surface area (Å²) in [5.74, 6) is -1.63. The summed E-state index contributed by atoms with van der Waals surface area (Å²) in [6.45, 7) is 1.71. The number of nitrogens with one attached hydrogen (secondary N) is 2. The van der Waals surface area contributed by atoms with Gasteiger partial charge in [0.05, 0.1) is 15.7 Å². The number of carbonyl (C=O) groups excluding carboxylic acids is 3. The first-order valence-electron chi connectivity index (χ1n) is 9.84. The summed E-state index contributed by atoms with van der Waals surface area (Å²) in [6, 6.07) is 16.0. The van der Waals surface area contributed by atoms with Gasteiger partial charge >= 0.3 is 0 Å². The van der Waals surface area contributed by atoms with E-state index in [-0.39, 0.29) is 16.6 Å². The number of benzene rings is 3. The number of imide groups is 1. The third-order valence-corrected chi connectivity index (χ3v) is 6.60. The van der Waals surface area contributed by atoms with Gasteiger partial charge in [0, 0.05) is 22.0 Å². The predicted octanol–water partition coefficient (Wildman–Crippen LogP) is 6.64. The minimum Gasteiger partial charge on any atom is -0.350 e. The van der Waals surface area contributed by atoms with Gasteiger partial charge in [0.2, 0.25) is 0 Å². The van der Waals surface area contributed by atoms with Crippen LogP contribution in [0.5, 0.6) is 0 Å². The van der Waals surface area contributed by atoms with Crippen molar-refractivity contribution in [2.24, 2.45) is 0 Å². The fourth-order valence-electron chi connectivity index (χ4n) is 3.29. The number of nitrogens with zero attached hydrogens (tertiary/aromatic N) is 1. The Balaban J connectivity index is 1.50. The molecule has 0 atom stereocenters. The second-order valence-electron chi connectivity index (χ2n) is 7.30. The molecule has 2 N–H and O–H groups in total. The second-order valence-corrected chi connectivity index (χ2v) is 8.90. The van der Waals surface area contributed by atoms with Crippen LogP contribution in [-0.4, -0.2) is 17.7 Å². The van der Waals surface area contributed by atoms with Crippen molar-refractivity contribution in [3.8, 4) is 0 Å². The molecule has 0 aliphatic carbocycles.